The van der Waals surface area contributed by atoms with E-state index in [0.29, 0.717) is 22.4 Å². The Morgan fingerprint density at radius 3 is 2.27 bits per heavy atom. The highest BCUT2D eigenvalue weighted by Gasteiger charge is 2.23. The van der Waals surface area contributed by atoms with Crippen molar-refractivity contribution in [3.8, 4) is 0 Å². The molecule has 0 saturated heterocycles. The third-order valence-corrected chi connectivity index (χ3v) is 4.50. The first kappa shape index (κ1) is 17.7. The lowest BCUT2D eigenvalue weighted by Gasteiger charge is -2.05. The Balaban J connectivity index is 1.80. The molecule has 0 aliphatic heterocycles. The summed E-state index contributed by atoms with van der Waals surface area (Å²) in [5.74, 6) is -1.05. The average molecular weight is 352 g/mol. The minimum atomic E-state index is -0.649. The van der Waals surface area contributed by atoms with Crippen molar-refractivity contribution in [3.63, 3.8) is 0 Å². The van der Waals surface area contributed by atoms with Gasteiger partial charge in [-0.2, -0.15) is 0 Å². The number of aromatic nitrogens is 2. The van der Waals surface area contributed by atoms with E-state index in [0.717, 1.165) is 16.6 Å². The van der Waals surface area contributed by atoms with Crippen LogP contribution in [-0.2, 0) is 4.74 Å². The monoisotopic (exact) mass is 352 g/mol. The van der Waals surface area contributed by atoms with Crippen molar-refractivity contribution in [2.45, 2.75) is 27.7 Å². The van der Waals surface area contributed by atoms with E-state index in [1.807, 2.05) is 31.2 Å². The molecule has 2 aromatic heterocycles. The summed E-state index contributed by atoms with van der Waals surface area (Å²) >= 11 is 0. The van der Waals surface area contributed by atoms with Gasteiger partial charge in [-0.25, -0.2) is 4.79 Å². The Morgan fingerprint density at radius 2 is 1.62 bits per heavy atom. The van der Waals surface area contributed by atoms with Gasteiger partial charge in [0.15, 0.2) is 12.4 Å². The van der Waals surface area contributed by atoms with Crippen LogP contribution in [0.4, 0.5) is 0 Å². The van der Waals surface area contributed by atoms with Gasteiger partial charge in [0.25, 0.3) is 0 Å². The number of Topliss-reactive ketones (excluding diaryl/α,β-unsaturated/α-hetero) is 2. The molecule has 2 N–H and O–H groups in total. The lowest BCUT2D eigenvalue weighted by molar-refractivity contribution is 0.0469. The minimum absolute atomic E-state index is 0.124. The summed E-state index contributed by atoms with van der Waals surface area (Å²) in [5, 5.41) is 0.803. The Kier molecular flexibility index (Phi) is 4.50. The van der Waals surface area contributed by atoms with Crippen LogP contribution in [-0.4, -0.2) is 34.1 Å². The van der Waals surface area contributed by atoms with Crippen LogP contribution >= 0.6 is 0 Å². The number of rotatable bonds is 5. The molecule has 0 bridgehead atoms. The van der Waals surface area contributed by atoms with Crippen LogP contribution in [0.2, 0.25) is 0 Å². The number of ether oxygens (including phenoxy) is 1. The summed E-state index contributed by atoms with van der Waals surface area (Å²) in [4.78, 5) is 42.6. The van der Waals surface area contributed by atoms with Gasteiger partial charge in [-0.05, 0) is 39.3 Å². The van der Waals surface area contributed by atoms with E-state index >= 15 is 0 Å². The third-order valence-electron chi connectivity index (χ3n) is 4.50. The van der Waals surface area contributed by atoms with Crippen LogP contribution in [0.1, 0.15) is 55.1 Å². The summed E-state index contributed by atoms with van der Waals surface area (Å²) in [6.45, 7) is 6.30. The number of carbonyl (C=O) groups excluding carboxylic acids is 3. The highest BCUT2D eigenvalue weighted by Crippen LogP contribution is 2.23. The van der Waals surface area contributed by atoms with Gasteiger partial charge in [-0.3, -0.25) is 9.59 Å². The van der Waals surface area contributed by atoms with E-state index < -0.39 is 5.97 Å². The first-order valence-corrected chi connectivity index (χ1v) is 8.29. The number of nitrogens with one attached hydrogen (secondary N) is 2. The van der Waals surface area contributed by atoms with Gasteiger partial charge >= 0.3 is 5.97 Å². The molecule has 0 aliphatic rings. The predicted molar refractivity (Wildman–Crippen MR) is 97.9 cm³/mol. The molecule has 0 atom stereocenters. The number of aromatic amines is 2. The molecule has 3 rings (SSSR count). The SMILES string of the molecule is CC(=O)c1c(C)[nH]c(C(=O)OCC(=O)c2c(C)[nH]c3ccccc23)c1C. The third kappa shape index (κ3) is 2.94. The van der Waals surface area contributed by atoms with Crippen molar-refractivity contribution < 1.29 is 19.1 Å². The van der Waals surface area contributed by atoms with E-state index in [4.69, 9.17) is 4.74 Å². The second-order valence-electron chi connectivity index (χ2n) is 6.35. The summed E-state index contributed by atoms with van der Waals surface area (Å²) in [6, 6.07) is 7.48. The van der Waals surface area contributed by atoms with Gasteiger partial charge in [-0.15, -0.1) is 0 Å². The molecular weight excluding hydrogens is 332 g/mol. The smallest absolute Gasteiger partial charge is 0.355 e. The van der Waals surface area contributed by atoms with Crippen molar-refractivity contribution in [1.82, 2.24) is 9.97 Å². The fourth-order valence-electron chi connectivity index (χ4n) is 3.39. The Morgan fingerprint density at radius 1 is 0.962 bits per heavy atom. The quantitative estimate of drug-likeness (QED) is 0.541. The van der Waals surface area contributed by atoms with Crippen molar-refractivity contribution >= 4 is 28.4 Å². The summed E-state index contributed by atoms with van der Waals surface area (Å²) in [5.41, 5.74) is 3.96. The van der Waals surface area contributed by atoms with Gasteiger partial charge in [0.2, 0.25) is 5.78 Å². The molecule has 3 aromatic rings. The largest absolute Gasteiger partial charge is 0.453 e. The van der Waals surface area contributed by atoms with Gasteiger partial charge in [-0.1, -0.05) is 18.2 Å². The zero-order valence-electron chi connectivity index (χ0n) is 15.1. The van der Waals surface area contributed by atoms with Crippen molar-refractivity contribution in [2.75, 3.05) is 6.61 Å². The number of H-pyrrole nitrogens is 2. The van der Waals surface area contributed by atoms with Crippen LogP contribution < -0.4 is 0 Å². The summed E-state index contributed by atoms with van der Waals surface area (Å²) < 4.78 is 5.20. The molecule has 0 unspecified atom stereocenters. The number of aryl methyl sites for hydroxylation is 2. The molecule has 134 valence electrons. The number of esters is 1. The molecule has 0 aliphatic carbocycles. The van der Waals surface area contributed by atoms with Gasteiger partial charge < -0.3 is 14.7 Å². The van der Waals surface area contributed by atoms with Crippen molar-refractivity contribution in [3.05, 3.63) is 58.0 Å². The first-order chi connectivity index (χ1) is 12.3. The zero-order valence-corrected chi connectivity index (χ0v) is 15.1. The number of ketones is 2. The van der Waals surface area contributed by atoms with Crippen molar-refractivity contribution in [2.24, 2.45) is 0 Å². The number of benzene rings is 1. The Labute approximate surface area is 150 Å². The maximum atomic E-state index is 12.6. The minimum Gasteiger partial charge on any atom is -0.453 e. The first-order valence-electron chi connectivity index (χ1n) is 8.29. The summed E-state index contributed by atoms with van der Waals surface area (Å²) in [6.07, 6.45) is 0. The van der Waals surface area contributed by atoms with Gasteiger partial charge in [0.05, 0.1) is 0 Å². The Bertz CT molecular complexity index is 1040. The molecule has 0 spiro atoms. The maximum absolute atomic E-state index is 12.6. The number of fused-ring (bicyclic) bond motifs is 1. The van der Waals surface area contributed by atoms with Crippen molar-refractivity contribution in [1.29, 1.82) is 0 Å². The zero-order chi connectivity index (χ0) is 19.0. The normalized spacial score (nSPS) is 10.9. The lowest BCUT2D eigenvalue weighted by Crippen LogP contribution is -2.16. The molecule has 6 nitrogen and oxygen atoms in total. The second kappa shape index (κ2) is 6.63. The molecule has 0 fully saturated rings. The van der Waals surface area contributed by atoms with Crippen LogP contribution in [0.5, 0.6) is 0 Å². The molecule has 26 heavy (non-hydrogen) atoms. The highest BCUT2D eigenvalue weighted by atomic mass is 16.5. The van der Waals surface area contributed by atoms with E-state index in [9.17, 15) is 14.4 Å². The number of para-hydroxylation sites is 1. The molecular formula is C20H20N2O4. The van der Waals surface area contributed by atoms with Gasteiger partial charge in [0.1, 0.15) is 5.69 Å². The molecule has 0 amide bonds. The molecule has 0 radical (unpaired) electrons. The predicted octanol–water partition coefficient (Wildman–Crippen LogP) is 3.66. The van der Waals surface area contributed by atoms with E-state index in [-0.39, 0.29) is 23.9 Å². The standard InChI is InChI=1S/C20H20N2O4/c1-10-17(13(4)23)11(2)22-19(10)20(25)26-9-16(24)18-12(3)21-15-8-6-5-7-14(15)18/h5-8,21-22H,9H2,1-4H3. The fraction of sp³-hybridized carbons (Fsp3) is 0.250. The average Bonchev–Trinajstić information content (AvgIpc) is 3.07. The molecule has 0 saturated carbocycles. The second-order valence-corrected chi connectivity index (χ2v) is 6.35. The molecule has 2 heterocycles. The van der Waals surface area contributed by atoms with Crippen LogP contribution in [0.25, 0.3) is 10.9 Å². The van der Waals surface area contributed by atoms with E-state index in [2.05, 4.69) is 9.97 Å². The topological polar surface area (TPSA) is 92.0 Å². The number of hydrogen-bond donors (Lipinski definition) is 2. The number of hydrogen-bond acceptors (Lipinski definition) is 4. The maximum Gasteiger partial charge on any atom is 0.355 e. The molecule has 6 heteroatoms. The van der Waals surface area contributed by atoms with Crippen LogP contribution in [0.3, 0.4) is 0 Å². The number of carbonyl (C=O) groups is 3. The molecule has 1 aromatic carbocycles. The highest BCUT2D eigenvalue weighted by molar-refractivity contribution is 6.10. The van der Waals surface area contributed by atoms with E-state index in [1.54, 1.807) is 13.8 Å². The van der Waals surface area contributed by atoms with Crippen LogP contribution in [0, 0.1) is 20.8 Å². The fourth-order valence-corrected chi connectivity index (χ4v) is 3.39. The summed E-state index contributed by atoms with van der Waals surface area (Å²) in [7, 11) is 0. The van der Waals surface area contributed by atoms with E-state index in [1.165, 1.54) is 6.92 Å². The van der Waals surface area contributed by atoms with Crippen LogP contribution in [0.15, 0.2) is 24.3 Å². The van der Waals surface area contributed by atoms with Gasteiger partial charge in [0, 0.05) is 33.4 Å². The Hall–Kier alpha value is -3.15. The lowest BCUT2D eigenvalue weighted by atomic mass is 10.1.